The molecule has 1 N–H and O–H groups in total. The second-order valence-corrected chi connectivity index (χ2v) is 11.4. The number of nitrogens with one attached hydrogen (secondary N) is 1. The number of benzene rings is 2. The van der Waals surface area contributed by atoms with Gasteiger partial charge in [-0.2, -0.15) is 0 Å². The van der Waals surface area contributed by atoms with E-state index in [0.29, 0.717) is 48.1 Å². The number of nitrogens with zero attached hydrogens (tertiary/aromatic N) is 3. The molecule has 6 rings (SSSR count). The number of fused-ring (bicyclic) bond motifs is 4. The van der Waals surface area contributed by atoms with Crippen molar-refractivity contribution in [2.24, 2.45) is 11.3 Å². The lowest BCUT2D eigenvalue weighted by atomic mass is 9.75. The van der Waals surface area contributed by atoms with Crippen molar-refractivity contribution in [2.75, 3.05) is 45.9 Å². The number of barbiturate groups is 1. The van der Waals surface area contributed by atoms with Gasteiger partial charge in [0, 0.05) is 56.3 Å². The van der Waals surface area contributed by atoms with Crippen LogP contribution in [-0.4, -0.2) is 68.3 Å². The molecule has 2 bridgehead atoms. The third-order valence-corrected chi connectivity index (χ3v) is 8.84. The first-order valence-electron chi connectivity index (χ1n) is 14.2. The van der Waals surface area contributed by atoms with E-state index >= 15 is 0 Å². The van der Waals surface area contributed by atoms with Crippen molar-refractivity contribution in [3.8, 4) is 17.2 Å². The van der Waals surface area contributed by atoms with Crippen LogP contribution in [-0.2, 0) is 22.6 Å². The Morgan fingerprint density at radius 3 is 2.33 bits per heavy atom. The van der Waals surface area contributed by atoms with Gasteiger partial charge in [-0.1, -0.05) is 12.1 Å². The molecule has 4 heterocycles. The maximum absolute atomic E-state index is 14.6. The standard InChI is InChI=1S/C32H34N4O7/c1-41-24-11-8-23(9-12-24)36-30(39)32(29(38)33-31(36)40,15-21-7-10-25(42-2)14-27(21)43-3)19-34-16-20-13-22(18-34)26-5-4-6-28(37)35(26)17-20/h4-12,14,20,22H,13,15-19H2,1-3H3,(H,33,38,40)/t20-,22+,32?/m1/s1. The SMILES string of the molecule is COc1ccc(N2C(=O)NC(=O)C(Cc3ccc(OC)cc3OC)(CN3C[C@H]4C[C@@H](C3)c3cccc(=O)n3C4)C2=O)cc1. The molecule has 2 aromatic carbocycles. The van der Waals surface area contributed by atoms with Crippen LogP contribution in [0.15, 0.2) is 65.5 Å². The highest BCUT2D eigenvalue weighted by atomic mass is 16.5. The Balaban J connectivity index is 1.40. The van der Waals surface area contributed by atoms with E-state index in [1.54, 1.807) is 61.7 Å². The number of carbonyl (C=O) groups is 3. The quantitative estimate of drug-likeness (QED) is 0.401. The maximum atomic E-state index is 14.6. The average Bonchev–Trinajstić information content (AvgIpc) is 3.01. The Bertz CT molecular complexity index is 1640. The molecule has 4 amide bonds. The highest BCUT2D eigenvalue weighted by Gasteiger charge is 2.56. The molecule has 3 aliphatic heterocycles. The number of amides is 4. The monoisotopic (exact) mass is 586 g/mol. The van der Waals surface area contributed by atoms with Crippen molar-refractivity contribution in [2.45, 2.75) is 25.3 Å². The van der Waals surface area contributed by atoms with Crippen molar-refractivity contribution >= 4 is 23.5 Å². The number of methoxy groups -OCH3 is 3. The molecule has 11 heteroatoms. The van der Waals surface area contributed by atoms with Crippen LogP contribution in [0, 0.1) is 11.3 Å². The van der Waals surface area contributed by atoms with Crippen molar-refractivity contribution < 1.29 is 28.6 Å². The third kappa shape index (κ3) is 5.03. The zero-order valence-corrected chi connectivity index (χ0v) is 24.4. The van der Waals surface area contributed by atoms with Crippen LogP contribution in [0.25, 0.3) is 0 Å². The van der Waals surface area contributed by atoms with Gasteiger partial charge in [0.05, 0.1) is 27.0 Å². The zero-order chi connectivity index (χ0) is 30.3. The van der Waals surface area contributed by atoms with Gasteiger partial charge in [-0.3, -0.25) is 19.7 Å². The molecular formula is C32H34N4O7. The number of urea groups is 1. The van der Waals surface area contributed by atoms with Gasteiger partial charge < -0.3 is 23.7 Å². The molecule has 0 aliphatic carbocycles. The minimum absolute atomic E-state index is 0.00729. The largest absolute Gasteiger partial charge is 0.497 e. The summed E-state index contributed by atoms with van der Waals surface area (Å²) in [5, 5.41) is 2.48. The number of carbonyl (C=O) groups excluding carboxylic acids is 3. The highest BCUT2D eigenvalue weighted by Crippen LogP contribution is 2.40. The lowest BCUT2D eigenvalue weighted by Crippen LogP contribution is -2.68. The molecule has 0 radical (unpaired) electrons. The highest BCUT2D eigenvalue weighted by molar-refractivity contribution is 6.30. The molecule has 224 valence electrons. The number of aromatic nitrogens is 1. The summed E-state index contributed by atoms with van der Waals surface area (Å²) in [6.45, 7) is 1.84. The molecule has 1 unspecified atom stereocenters. The molecule has 43 heavy (non-hydrogen) atoms. The van der Waals surface area contributed by atoms with Crippen LogP contribution in [0.4, 0.5) is 10.5 Å². The normalized spacial score (nSPS) is 23.4. The van der Waals surface area contributed by atoms with E-state index in [1.165, 1.54) is 14.2 Å². The summed E-state index contributed by atoms with van der Waals surface area (Å²) < 4.78 is 18.1. The first kappa shape index (κ1) is 28.5. The summed E-state index contributed by atoms with van der Waals surface area (Å²) in [5.74, 6) is 0.597. The van der Waals surface area contributed by atoms with Crippen LogP contribution in [0.3, 0.4) is 0 Å². The van der Waals surface area contributed by atoms with Crippen LogP contribution in [0.2, 0.25) is 0 Å². The van der Waals surface area contributed by atoms with Gasteiger partial charge in [0.1, 0.15) is 22.7 Å². The van der Waals surface area contributed by atoms with Gasteiger partial charge in [0.2, 0.25) is 5.91 Å². The summed E-state index contributed by atoms with van der Waals surface area (Å²) in [5.41, 5.74) is 0.251. The molecule has 3 aliphatic rings. The van der Waals surface area contributed by atoms with Crippen molar-refractivity contribution in [1.82, 2.24) is 14.8 Å². The zero-order valence-electron chi connectivity index (χ0n) is 24.4. The van der Waals surface area contributed by atoms with Crippen molar-refractivity contribution in [3.63, 3.8) is 0 Å². The van der Waals surface area contributed by atoms with Gasteiger partial charge in [-0.05, 0) is 54.3 Å². The predicted molar refractivity (Wildman–Crippen MR) is 158 cm³/mol. The molecule has 3 aromatic rings. The average molecular weight is 587 g/mol. The Labute approximate surface area is 248 Å². The minimum atomic E-state index is -1.66. The second-order valence-electron chi connectivity index (χ2n) is 11.4. The number of rotatable bonds is 8. The number of anilines is 1. The first-order valence-corrected chi connectivity index (χ1v) is 14.2. The molecule has 1 aromatic heterocycles. The van der Waals surface area contributed by atoms with Gasteiger partial charge >= 0.3 is 6.03 Å². The van der Waals surface area contributed by atoms with E-state index in [9.17, 15) is 19.2 Å². The van der Waals surface area contributed by atoms with E-state index in [-0.39, 0.29) is 30.4 Å². The number of imide groups is 2. The fourth-order valence-electron chi connectivity index (χ4n) is 6.82. The number of likely N-dealkylation sites (tertiary alicyclic amines) is 1. The van der Waals surface area contributed by atoms with E-state index < -0.39 is 23.3 Å². The summed E-state index contributed by atoms with van der Waals surface area (Å²) in [7, 11) is 4.60. The number of hydrogen-bond donors (Lipinski definition) is 1. The summed E-state index contributed by atoms with van der Waals surface area (Å²) >= 11 is 0. The number of piperidine rings is 1. The van der Waals surface area contributed by atoms with Crippen LogP contribution < -0.4 is 30.0 Å². The molecule has 0 saturated carbocycles. The summed E-state index contributed by atoms with van der Waals surface area (Å²) in [6.07, 6.45) is 0.919. The fraction of sp³-hybridized carbons (Fsp3) is 0.375. The maximum Gasteiger partial charge on any atom is 0.335 e. The Morgan fingerprint density at radius 2 is 1.60 bits per heavy atom. The molecule has 0 spiro atoms. The lowest BCUT2D eigenvalue weighted by Gasteiger charge is -2.47. The van der Waals surface area contributed by atoms with E-state index in [4.69, 9.17) is 14.2 Å². The predicted octanol–water partition coefficient (Wildman–Crippen LogP) is 2.81. The van der Waals surface area contributed by atoms with Gasteiger partial charge in [0.15, 0.2) is 0 Å². The topological polar surface area (TPSA) is 119 Å². The lowest BCUT2D eigenvalue weighted by molar-refractivity contribution is -0.144. The van der Waals surface area contributed by atoms with Crippen molar-refractivity contribution in [1.29, 1.82) is 0 Å². The van der Waals surface area contributed by atoms with Crippen molar-refractivity contribution in [3.05, 3.63) is 82.3 Å². The van der Waals surface area contributed by atoms with Gasteiger partial charge in [-0.25, -0.2) is 9.69 Å². The van der Waals surface area contributed by atoms with Gasteiger partial charge in [0.25, 0.3) is 11.5 Å². The fourth-order valence-corrected chi connectivity index (χ4v) is 6.82. The van der Waals surface area contributed by atoms with Crippen LogP contribution >= 0.6 is 0 Å². The molecule has 2 saturated heterocycles. The number of hydrogen-bond acceptors (Lipinski definition) is 8. The van der Waals surface area contributed by atoms with Gasteiger partial charge in [-0.15, -0.1) is 0 Å². The Morgan fingerprint density at radius 1 is 0.860 bits per heavy atom. The Hall–Kier alpha value is -4.64. The summed E-state index contributed by atoms with van der Waals surface area (Å²) in [4.78, 5) is 57.5. The molecule has 2 fully saturated rings. The summed E-state index contributed by atoms with van der Waals surface area (Å²) in [6, 6.07) is 16.3. The third-order valence-electron chi connectivity index (χ3n) is 8.84. The van der Waals surface area contributed by atoms with E-state index in [1.807, 2.05) is 10.6 Å². The number of pyridine rings is 1. The Kier molecular flexibility index (Phi) is 7.43. The van der Waals surface area contributed by atoms with E-state index in [0.717, 1.165) is 17.0 Å². The minimum Gasteiger partial charge on any atom is -0.497 e. The number of ether oxygens (including phenoxy) is 3. The molecular weight excluding hydrogens is 552 g/mol. The van der Waals surface area contributed by atoms with Crippen LogP contribution in [0.5, 0.6) is 17.2 Å². The molecule has 11 nitrogen and oxygen atoms in total. The van der Waals surface area contributed by atoms with E-state index in [2.05, 4.69) is 10.2 Å². The first-order chi connectivity index (χ1) is 20.8. The van der Waals surface area contributed by atoms with Crippen LogP contribution in [0.1, 0.15) is 23.6 Å². The smallest absolute Gasteiger partial charge is 0.335 e. The second kappa shape index (κ2) is 11.2. The molecule has 3 atom stereocenters.